The van der Waals surface area contributed by atoms with E-state index in [-0.39, 0.29) is 17.6 Å². The van der Waals surface area contributed by atoms with E-state index in [1.807, 2.05) is 24.0 Å². The van der Waals surface area contributed by atoms with Crippen molar-refractivity contribution >= 4 is 17.5 Å². The summed E-state index contributed by atoms with van der Waals surface area (Å²) in [6.07, 6.45) is 2.08. The van der Waals surface area contributed by atoms with Gasteiger partial charge in [-0.15, -0.1) is 0 Å². The first-order valence-electron chi connectivity index (χ1n) is 11.2. The van der Waals surface area contributed by atoms with Crippen LogP contribution in [0.4, 0.5) is 10.1 Å². The van der Waals surface area contributed by atoms with Gasteiger partial charge in [-0.05, 0) is 50.5 Å². The normalized spacial score (nSPS) is 20.2. The zero-order valence-corrected chi connectivity index (χ0v) is 18.6. The second-order valence-corrected chi connectivity index (χ2v) is 8.63. The largest absolute Gasteiger partial charge is 0.376 e. The minimum Gasteiger partial charge on any atom is -0.376 e. The van der Waals surface area contributed by atoms with Crippen LogP contribution in [0.2, 0.25) is 0 Å². The van der Waals surface area contributed by atoms with Crippen LogP contribution in [0.25, 0.3) is 0 Å². The van der Waals surface area contributed by atoms with Crippen LogP contribution in [0, 0.1) is 12.7 Å². The van der Waals surface area contributed by atoms with E-state index >= 15 is 0 Å². The number of piperidine rings is 1. The number of hydrogen-bond donors (Lipinski definition) is 1. The lowest BCUT2D eigenvalue weighted by atomic mass is 10.00. The maximum atomic E-state index is 14.1. The van der Waals surface area contributed by atoms with E-state index in [0.717, 1.165) is 38.1 Å². The van der Waals surface area contributed by atoms with Gasteiger partial charge in [-0.1, -0.05) is 24.3 Å². The Bertz CT molecular complexity index is 988. The second-order valence-electron chi connectivity index (χ2n) is 8.63. The van der Waals surface area contributed by atoms with Crippen LogP contribution in [-0.4, -0.2) is 66.5 Å². The van der Waals surface area contributed by atoms with Gasteiger partial charge in [0.05, 0.1) is 29.5 Å². The van der Waals surface area contributed by atoms with Crippen LogP contribution in [0.15, 0.2) is 42.5 Å². The van der Waals surface area contributed by atoms with Crippen LogP contribution in [0.3, 0.4) is 0 Å². The van der Waals surface area contributed by atoms with Gasteiger partial charge in [-0.25, -0.2) is 4.39 Å². The molecule has 2 aromatic rings. The molecule has 0 bridgehead atoms. The van der Waals surface area contributed by atoms with Gasteiger partial charge < -0.3 is 15.0 Å². The molecule has 2 heterocycles. The molecule has 2 amide bonds. The number of benzene rings is 2. The summed E-state index contributed by atoms with van der Waals surface area (Å²) < 4.78 is 19.7. The Labute approximate surface area is 188 Å². The molecule has 0 radical (unpaired) electrons. The summed E-state index contributed by atoms with van der Waals surface area (Å²) in [6, 6.07) is 11.7. The van der Waals surface area contributed by atoms with Gasteiger partial charge in [0, 0.05) is 32.2 Å². The fourth-order valence-corrected chi connectivity index (χ4v) is 4.62. The molecule has 4 rings (SSSR count). The number of amides is 2. The molecule has 2 saturated heterocycles. The number of halogens is 1. The van der Waals surface area contributed by atoms with Gasteiger partial charge in [0.1, 0.15) is 5.82 Å². The summed E-state index contributed by atoms with van der Waals surface area (Å²) in [5.74, 6) is -1.26. The molecule has 2 fully saturated rings. The Morgan fingerprint density at radius 2 is 1.75 bits per heavy atom. The number of morpholine rings is 1. The second kappa shape index (κ2) is 9.79. The molecular weight excluding hydrogens is 409 g/mol. The lowest BCUT2D eigenvalue weighted by molar-refractivity contribution is -0.0423. The highest BCUT2D eigenvalue weighted by molar-refractivity contribution is 6.09. The Morgan fingerprint density at radius 1 is 1.03 bits per heavy atom. The molecule has 7 heteroatoms. The number of ether oxygens (including phenoxy) is 1. The zero-order chi connectivity index (χ0) is 22.7. The number of carbonyl (C=O) groups excluding carboxylic acids is 2. The quantitative estimate of drug-likeness (QED) is 0.789. The molecule has 6 nitrogen and oxygen atoms in total. The molecule has 2 aliphatic rings. The first-order chi connectivity index (χ1) is 15.4. The predicted octanol–water partition coefficient (Wildman–Crippen LogP) is 3.71. The van der Waals surface area contributed by atoms with Crippen molar-refractivity contribution in [2.75, 3.05) is 38.1 Å². The Kier molecular flexibility index (Phi) is 6.86. The third-order valence-electron chi connectivity index (χ3n) is 6.40. The monoisotopic (exact) mass is 439 g/mol. The highest BCUT2D eigenvalue weighted by Gasteiger charge is 2.30. The van der Waals surface area contributed by atoms with Gasteiger partial charge in [-0.2, -0.15) is 0 Å². The van der Waals surface area contributed by atoms with E-state index in [9.17, 15) is 14.0 Å². The van der Waals surface area contributed by atoms with Gasteiger partial charge >= 0.3 is 0 Å². The summed E-state index contributed by atoms with van der Waals surface area (Å²) in [5.41, 5.74) is 1.59. The minimum atomic E-state index is -0.592. The molecule has 32 heavy (non-hydrogen) atoms. The number of hydrogen-bond acceptors (Lipinski definition) is 4. The zero-order valence-electron chi connectivity index (χ0n) is 18.6. The molecule has 1 N–H and O–H groups in total. The molecule has 0 aromatic heterocycles. The fraction of sp³-hybridized carbons (Fsp3) is 0.440. The number of nitrogens with zero attached hydrogens (tertiary/aromatic N) is 2. The highest BCUT2D eigenvalue weighted by atomic mass is 19.1. The molecule has 0 aliphatic carbocycles. The first-order valence-corrected chi connectivity index (χ1v) is 11.2. The topological polar surface area (TPSA) is 61.9 Å². The minimum absolute atomic E-state index is 0.0466. The van der Waals surface area contributed by atoms with Crippen molar-refractivity contribution in [1.29, 1.82) is 0 Å². The average Bonchev–Trinajstić information content (AvgIpc) is 2.80. The third kappa shape index (κ3) is 4.84. The van der Waals surface area contributed by atoms with Crippen LogP contribution < -0.4 is 5.32 Å². The molecule has 0 saturated carbocycles. The fourth-order valence-electron chi connectivity index (χ4n) is 4.62. The lowest BCUT2D eigenvalue weighted by Gasteiger charge is -2.41. The molecule has 0 spiro atoms. The van der Waals surface area contributed by atoms with Gasteiger partial charge in [0.15, 0.2) is 0 Å². The van der Waals surface area contributed by atoms with Crippen LogP contribution in [0.5, 0.6) is 0 Å². The first kappa shape index (κ1) is 22.4. The SMILES string of the molecule is Cc1cccc(C(=O)N2CCC(N3CCOC(C)C3)CC2)c1NC(=O)c1ccccc1F. The predicted molar refractivity (Wildman–Crippen MR) is 121 cm³/mol. The van der Waals surface area contributed by atoms with E-state index in [1.165, 1.54) is 18.2 Å². The van der Waals surface area contributed by atoms with Crippen LogP contribution in [-0.2, 0) is 4.74 Å². The van der Waals surface area contributed by atoms with Gasteiger partial charge in [0.2, 0.25) is 0 Å². The van der Waals surface area contributed by atoms with Gasteiger partial charge in [0.25, 0.3) is 11.8 Å². The maximum Gasteiger partial charge on any atom is 0.258 e. The van der Waals surface area contributed by atoms with Crippen molar-refractivity contribution in [2.45, 2.75) is 38.8 Å². The smallest absolute Gasteiger partial charge is 0.258 e. The average molecular weight is 440 g/mol. The Morgan fingerprint density at radius 3 is 2.47 bits per heavy atom. The number of anilines is 1. The van der Waals surface area contributed by atoms with E-state index in [0.29, 0.717) is 30.4 Å². The molecular formula is C25H30FN3O3. The van der Waals surface area contributed by atoms with E-state index in [2.05, 4.69) is 17.1 Å². The van der Waals surface area contributed by atoms with E-state index < -0.39 is 11.7 Å². The van der Waals surface area contributed by atoms with E-state index in [1.54, 1.807) is 12.1 Å². The molecule has 2 aliphatic heterocycles. The maximum absolute atomic E-state index is 14.1. The number of nitrogens with one attached hydrogen (secondary N) is 1. The molecule has 1 atom stereocenters. The number of rotatable bonds is 4. The molecule has 170 valence electrons. The van der Waals surface area contributed by atoms with Crippen molar-refractivity contribution in [1.82, 2.24) is 9.80 Å². The van der Waals surface area contributed by atoms with Crippen molar-refractivity contribution < 1.29 is 18.7 Å². The van der Waals surface area contributed by atoms with Crippen molar-refractivity contribution in [2.24, 2.45) is 0 Å². The molecule has 2 aromatic carbocycles. The van der Waals surface area contributed by atoms with Gasteiger partial charge in [-0.3, -0.25) is 14.5 Å². The Balaban J connectivity index is 1.46. The summed E-state index contributed by atoms with van der Waals surface area (Å²) in [5, 5.41) is 2.77. The summed E-state index contributed by atoms with van der Waals surface area (Å²) in [4.78, 5) is 30.4. The van der Waals surface area contributed by atoms with E-state index in [4.69, 9.17) is 4.74 Å². The number of likely N-dealkylation sites (tertiary alicyclic amines) is 1. The molecule has 1 unspecified atom stereocenters. The standard InChI is InChI=1S/C25H30FN3O3/c1-17-6-5-8-21(23(17)27-24(30)20-7-3-4-9-22(20)26)25(31)28-12-10-19(11-13-28)29-14-15-32-18(2)16-29/h3-9,18-19H,10-16H2,1-2H3,(H,27,30). The third-order valence-corrected chi connectivity index (χ3v) is 6.40. The number of aryl methyl sites for hydroxylation is 1. The van der Waals surface area contributed by atoms with Crippen molar-refractivity contribution in [3.05, 3.63) is 65.0 Å². The lowest BCUT2D eigenvalue weighted by Crippen LogP contribution is -2.51. The summed E-state index contributed by atoms with van der Waals surface area (Å²) in [6.45, 7) is 7.90. The Hall–Kier alpha value is -2.77. The van der Waals surface area contributed by atoms with Crippen LogP contribution in [0.1, 0.15) is 46.0 Å². The van der Waals surface area contributed by atoms with Crippen molar-refractivity contribution in [3.63, 3.8) is 0 Å². The summed E-state index contributed by atoms with van der Waals surface area (Å²) in [7, 11) is 0. The highest BCUT2D eigenvalue weighted by Crippen LogP contribution is 2.26. The summed E-state index contributed by atoms with van der Waals surface area (Å²) >= 11 is 0. The number of para-hydroxylation sites is 1. The van der Waals surface area contributed by atoms with Crippen molar-refractivity contribution in [3.8, 4) is 0 Å². The number of carbonyl (C=O) groups is 2. The van der Waals surface area contributed by atoms with Crippen LogP contribution >= 0.6 is 0 Å².